The number of likely N-dealkylation sites (tertiary alicyclic amines) is 1. The van der Waals surface area contributed by atoms with Gasteiger partial charge in [-0.1, -0.05) is 6.07 Å². The van der Waals surface area contributed by atoms with Crippen LogP contribution in [-0.2, 0) is 20.1 Å². The molecule has 0 N–H and O–H groups in total. The Balaban J connectivity index is 1.43. The van der Waals surface area contributed by atoms with Crippen molar-refractivity contribution >= 4 is 5.91 Å². The average molecular weight is 362 g/mol. The molecule has 138 valence electrons. The number of nitrogens with zero attached hydrogens (tertiary/aromatic N) is 6. The number of carbonyl (C=O) groups excluding carboxylic acids is 1. The van der Waals surface area contributed by atoms with Gasteiger partial charge in [0.05, 0.1) is 18.3 Å². The van der Waals surface area contributed by atoms with Crippen LogP contribution in [0.4, 0.5) is 0 Å². The summed E-state index contributed by atoms with van der Waals surface area (Å²) in [4.78, 5) is 21.8. The van der Waals surface area contributed by atoms with E-state index >= 15 is 0 Å². The summed E-state index contributed by atoms with van der Waals surface area (Å²) in [6, 6.07) is 8.30. The Morgan fingerprint density at radius 3 is 2.74 bits per heavy atom. The highest BCUT2D eigenvalue weighted by atomic mass is 16.2. The fourth-order valence-corrected chi connectivity index (χ4v) is 4.41. The van der Waals surface area contributed by atoms with Gasteiger partial charge in [0.15, 0.2) is 0 Å². The zero-order valence-electron chi connectivity index (χ0n) is 15.3. The number of carbonyl (C=O) groups is 1. The molecule has 0 radical (unpaired) electrons. The fraction of sp³-hybridized carbons (Fsp3) is 0.350. The lowest BCUT2D eigenvalue weighted by Crippen LogP contribution is -2.49. The molecule has 0 saturated carbocycles. The summed E-state index contributed by atoms with van der Waals surface area (Å²) in [5.74, 6) is 0.105. The van der Waals surface area contributed by atoms with Crippen LogP contribution in [0, 0.1) is 0 Å². The van der Waals surface area contributed by atoms with Gasteiger partial charge in [-0.2, -0.15) is 5.10 Å². The molecule has 1 fully saturated rings. The summed E-state index contributed by atoms with van der Waals surface area (Å²) < 4.78 is 4.00. The molecule has 7 heteroatoms. The molecule has 27 heavy (non-hydrogen) atoms. The van der Waals surface area contributed by atoms with Crippen LogP contribution in [-0.4, -0.2) is 54.2 Å². The normalized spacial score (nSPS) is 22.1. The Morgan fingerprint density at radius 1 is 1.07 bits per heavy atom. The summed E-state index contributed by atoms with van der Waals surface area (Å²) in [6.07, 6.45) is 9.63. The topological polar surface area (TPSA) is 59.2 Å². The zero-order valence-corrected chi connectivity index (χ0v) is 15.3. The van der Waals surface area contributed by atoms with Gasteiger partial charge in [0.1, 0.15) is 5.69 Å². The highest BCUT2D eigenvalue weighted by Gasteiger charge is 2.44. The van der Waals surface area contributed by atoms with Gasteiger partial charge in [0, 0.05) is 63.6 Å². The summed E-state index contributed by atoms with van der Waals surface area (Å²) in [7, 11) is 1.94. The van der Waals surface area contributed by atoms with Crippen molar-refractivity contribution in [2.45, 2.75) is 25.2 Å². The van der Waals surface area contributed by atoms with E-state index in [0.29, 0.717) is 6.54 Å². The first-order chi connectivity index (χ1) is 13.2. The lowest BCUT2D eigenvalue weighted by atomic mass is 10.0. The van der Waals surface area contributed by atoms with Crippen molar-refractivity contribution in [1.82, 2.24) is 29.1 Å². The van der Waals surface area contributed by atoms with E-state index in [-0.39, 0.29) is 18.0 Å². The van der Waals surface area contributed by atoms with Gasteiger partial charge in [-0.3, -0.25) is 19.4 Å². The summed E-state index contributed by atoms with van der Waals surface area (Å²) in [6.45, 7) is 3.24. The van der Waals surface area contributed by atoms with Crippen LogP contribution in [0.1, 0.15) is 27.7 Å². The second-order valence-corrected chi connectivity index (χ2v) is 7.45. The standard InChI is InChI=1S/C20H22N6O/c1-23-10-16(9-22-23)11-24-13-18-19(14-24)26(12-15-4-2-6-21-8-15)20(27)17-5-3-7-25(17)18/h2-10,18-19H,11-14H2,1H3/t18-,19-/m0/s1. The van der Waals surface area contributed by atoms with E-state index in [2.05, 4.69) is 25.7 Å². The molecule has 0 unspecified atom stereocenters. The monoisotopic (exact) mass is 362 g/mol. The van der Waals surface area contributed by atoms with Crippen molar-refractivity contribution in [2.24, 2.45) is 7.05 Å². The Hall–Kier alpha value is -2.93. The van der Waals surface area contributed by atoms with Gasteiger partial charge < -0.3 is 9.47 Å². The maximum Gasteiger partial charge on any atom is 0.271 e. The van der Waals surface area contributed by atoms with Crippen LogP contribution in [0.2, 0.25) is 0 Å². The molecule has 2 aliphatic rings. The molecule has 1 saturated heterocycles. The second kappa shape index (κ2) is 6.35. The molecule has 1 amide bonds. The van der Waals surface area contributed by atoms with E-state index in [9.17, 15) is 4.79 Å². The highest BCUT2D eigenvalue weighted by molar-refractivity contribution is 5.94. The number of hydrogen-bond donors (Lipinski definition) is 0. The molecule has 0 aromatic carbocycles. The van der Waals surface area contributed by atoms with Crippen molar-refractivity contribution in [1.29, 1.82) is 0 Å². The van der Waals surface area contributed by atoms with E-state index in [4.69, 9.17) is 0 Å². The SMILES string of the molecule is Cn1cc(CN2C[C@H]3[C@H](C2)n2cccc2C(=O)N3Cc2cccnc2)cn1. The minimum atomic E-state index is 0.105. The number of fused-ring (bicyclic) bond motifs is 3. The third-order valence-electron chi connectivity index (χ3n) is 5.59. The van der Waals surface area contributed by atoms with Crippen LogP contribution >= 0.6 is 0 Å². The molecule has 0 bridgehead atoms. The Kier molecular flexibility index (Phi) is 3.82. The molecule has 0 aliphatic carbocycles. The lowest BCUT2D eigenvalue weighted by Gasteiger charge is -2.38. The fourth-order valence-electron chi connectivity index (χ4n) is 4.41. The summed E-state index contributed by atoms with van der Waals surface area (Å²) >= 11 is 0. The lowest BCUT2D eigenvalue weighted by molar-refractivity contribution is 0.0556. The number of aromatic nitrogens is 4. The molecule has 3 aromatic rings. The van der Waals surface area contributed by atoms with Gasteiger partial charge in [-0.25, -0.2) is 0 Å². The number of amides is 1. The van der Waals surface area contributed by atoms with E-state index < -0.39 is 0 Å². The third-order valence-corrected chi connectivity index (χ3v) is 5.59. The van der Waals surface area contributed by atoms with Crippen molar-refractivity contribution < 1.29 is 4.79 Å². The smallest absolute Gasteiger partial charge is 0.271 e. The second-order valence-electron chi connectivity index (χ2n) is 7.45. The number of hydrogen-bond acceptors (Lipinski definition) is 4. The summed E-state index contributed by atoms with van der Waals surface area (Å²) in [5.41, 5.74) is 3.05. The quantitative estimate of drug-likeness (QED) is 0.709. The average Bonchev–Trinajstić information content (AvgIpc) is 3.39. The van der Waals surface area contributed by atoms with Gasteiger partial charge in [-0.15, -0.1) is 0 Å². The maximum atomic E-state index is 13.1. The van der Waals surface area contributed by atoms with Crippen molar-refractivity contribution in [2.75, 3.05) is 13.1 Å². The molecule has 2 aliphatic heterocycles. The Morgan fingerprint density at radius 2 is 1.96 bits per heavy atom. The first-order valence-corrected chi connectivity index (χ1v) is 9.25. The largest absolute Gasteiger partial charge is 0.337 e. The van der Waals surface area contributed by atoms with Crippen molar-refractivity contribution in [3.8, 4) is 0 Å². The molecule has 5 heterocycles. The molecule has 7 nitrogen and oxygen atoms in total. The third kappa shape index (κ3) is 2.84. The van der Waals surface area contributed by atoms with Gasteiger partial charge in [-0.05, 0) is 23.8 Å². The number of rotatable bonds is 4. The van der Waals surface area contributed by atoms with Gasteiger partial charge >= 0.3 is 0 Å². The molecular weight excluding hydrogens is 340 g/mol. The minimum Gasteiger partial charge on any atom is -0.337 e. The van der Waals surface area contributed by atoms with E-state index in [1.165, 1.54) is 5.56 Å². The summed E-state index contributed by atoms with van der Waals surface area (Å²) in [5, 5.41) is 4.27. The van der Waals surface area contributed by atoms with E-state index in [1.54, 1.807) is 6.20 Å². The maximum absolute atomic E-state index is 13.1. The van der Waals surface area contributed by atoms with Crippen LogP contribution in [0.5, 0.6) is 0 Å². The predicted molar refractivity (Wildman–Crippen MR) is 99.9 cm³/mol. The van der Waals surface area contributed by atoms with Crippen LogP contribution in [0.15, 0.2) is 55.2 Å². The van der Waals surface area contributed by atoms with E-state index in [0.717, 1.165) is 30.9 Å². The number of pyridine rings is 1. The van der Waals surface area contributed by atoms with Crippen molar-refractivity contribution in [3.63, 3.8) is 0 Å². The van der Waals surface area contributed by atoms with Crippen LogP contribution in [0.3, 0.4) is 0 Å². The predicted octanol–water partition coefficient (Wildman–Crippen LogP) is 1.70. The first-order valence-electron chi connectivity index (χ1n) is 9.25. The molecular formula is C20H22N6O. The first kappa shape index (κ1) is 16.3. The molecule has 2 atom stereocenters. The highest BCUT2D eigenvalue weighted by Crippen LogP contribution is 2.35. The van der Waals surface area contributed by atoms with Crippen LogP contribution in [0.25, 0.3) is 0 Å². The Labute approximate surface area is 157 Å². The van der Waals surface area contributed by atoms with Crippen LogP contribution < -0.4 is 0 Å². The molecule has 5 rings (SSSR count). The minimum absolute atomic E-state index is 0.105. The van der Waals surface area contributed by atoms with Crippen molar-refractivity contribution in [3.05, 3.63) is 72.1 Å². The van der Waals surface area contributed by atoms with E-state index in [1.807, 2.05) is 59.5 Å². The number of aryl methyl sites for hydroxylation is 1. The van der Waals surface area contributed by atoms with Gasteiger partial charge in [0.2, 0.25) is 0 Å². The molecule has 0 spiro atoms. The molecule has 3 aromatic heterocycles. The van der Waals surface area contributed by atoms with Gasteiger partial charge in [0.25, 0.3) is 5.91 Å². The Bertz CT molecular complexity index is 962. The zero-order chi connectivity index (χ0) is 18.4.